The number of piperidine rings is 1. The minimum absolute atomic E-state index is 0.0239. The van der Waals surface area contributed by atoms with E-state index >= 15 is 0 Å². The zero-order chi connectivity index (χ0) is 30.3. The SMILES string of the molecule is NC(=O)c1sc2nc(N3CCC(NCC(O)c4ccc(-c5cccc6cccnc56)nc4)CC3)cc(C(F)(F)F)c2c1N. The molecule has 222 valence electrons. The lowest BCUT2D eigenvalue weighted by atomic mass is 10.0. The van der Waals surface area contributed by atoms with Gasteiger partial charge in [-0.3, -0.25) is 14.8 Å². The molecule has 6 rings (SSSR count). The van der Waals surface area contributed by atoms with Gasteiger partial charge in [0.25, 0.3) is 5.91 Å². The van der Waals surface area contributed by atoms with Crippen LogP contribution in [0.1, 0.15) is 39.7 Å². The number of nitrogens with one attached hydrogen (secondary N) is 1. The summed E-state index contributed by atoms with van der Waals surface area (Å²) in [4.78, 5) is 26.8. The lowest BCUT2D eigenvalue weighted by molar-refractivity contribution is -0.136. The second kappa shape index (κ2) is 11.4. The Morgan fingerprint density at radius 2 is 1.91 bits per heavy atom. The van der Waals surface area contributed by atoms with Crippen molar-refractivity contribution in [2.75, 3.05) is 30.3 Å². The maximum absolute atomic E-state index is 13.9. The first-order valence-corrected chi connectivity index (χ1v) is 14.5. The molecule has 9 nitrogen and oxygen atoms in total. The molecule has 1 aliphatic heterocycles. The number of nitrogens with zero attached hydrogens (tertiary/aromatic N) is 4. The van der Waals surface area contributed by atoms with Gasteiger partial charge in [0, 0.05) is 60.0 Å². The Hall–Kier alpha value is -4.33. The fourth-order valence-corrected chi connectivity index (χ4v) is 6.43. The van der Waals surface area contributed by atoms with Crippen LogP contribution in [0.3, 0.4) is 0 Å². The molecule has 1 atom stereocenters. The van der Waals surface area contributed by atoms with E-state index in [0.717, 1.165) is 39.6 Å². The zero-order valence-electron chi connectivity index (χ0n) is 22.8. The van der Waals surface area contributed by atoms with Crippen molar-refractivity contribution in [1.82, 2.24) is 20.3 Å². The lowest BCUT2D eigenvalue weighted by Gasteiger charge is -2.34. The average Bonchev–Trinajstić information content (AvgIpc) is 3.35. The van der Waals surface area contributed by atoms with Crippen LogP contribution in [0.5, 0.6) is 0 Å². The quantitative estimate of drug-likeness (QED) is 0.205. The number of hydrogen-bond acceptors (Lipinski definition) is 9. The highest BCUT2D eigenvalue weighted by Gasteiger charge is 2.37. The van der Waals surface area contributed by atoms with Gasteiger partial charge in [0.2, 0.25) is 0 Å². The van der Waals surface area contributed by atoms with Crippen LogP contribution in [0.2, 0.25) is 0 Å². The summed E-state index contributed by atoms with van der Waals surface area (Å²) in [7, 11) is 0. The number of para-hydroxylation sites is 1. The number of fused-ring (bicyclic) bond motifs is 2. The van der Waals surface area contributed by atoms with Crippen LogP contribution < -0.4 is 21.7 Å². The summed E-state index contributed by atoms with van der Waals surface area (Å²) < 4.78 is 41.8. The number of nitrogens with two attached hydrogens (primary N) is 2. The van der Waals surface area contributed by atoms with Crippen LogP contribution in [0.4, 0.5) is 24.7 Å². The van der Waals surface area contributed by atoms with E-state index in [1.165, 1.54) is 0 Å². The molecule has 13 heteroatoms. The zero-order valence-corrected chi connectivity index (χ0v) is 23.6. The number of aromatic nitrogens is 3. The highest BCUT2D eigenvalue weighted by Crippen LogP contribution is 2.43. The smallest absolute Gasteiger partial charge is 0.397 e. The van der Waals surface area contributed by atoms with Gasteiger partial charge in [-0.1, -0.05) is 30.3 Å². The van der Waals surface area contributed by atoms with Crippen LogP contribution in [0, 0.1) is 0 Å². The molecule has 6 N–H and O–H groups in total. The molecule has 1 unspecified atom stereocenters. The predicted molar refractivity (Wildman–Crippen MR) is 161 cm³/mol. The summed E-state index contributed by atoms with van der Waals surface area (Å²) in [5.74, 6) is -0.721. The number of thiophene rings is 1. The molecule has 0 radical (unpaired) electrons. The number of alkyl halides is 3. The van der Waals surface area contributed by atoms with Crippen molar-refractivity contribution < 1.29 is 23.1 Å². The number of rotatable bonds is 7. The number of carbonyl (C=O) groups excluding carboxylic acids is 1. The minimum Gasteiger partial charge on any atom is -0.397 e. The highest BCUT2D eigenvalue weighted by molar-refractivity contribution is 7.21. The number of carbonyl (C=O) groups is 1. The first-order valence-electron chi connectivity index (χ1n) is 13.7. The third kappa shape index (κ3) is 5.70. The number of halogens is 3. The van der Waals surface area contributed by atoms with Crippen LogP contribution in [-0.2, 0) is 6.18 Å². The molecule has 1 aliphatic rings. The van der Waals surface area contributed by atoms with Crippen molar-refractivity contribution in [2.45, 2.75) is 31.2 Å². The second-order valence-corrected chi connectivity index (χ2v) is 11.5. The van der Waals surface area contributed by atoms with E-state index in [1.54, 1.807) is 17.3 Å². The fourth-order valence-electron chi connectivity index (χ4n) is 5.46. The normalized spacial score (nSPS) is 15.3. The third-order valence-corrected chi connectivity index (χ3v) is 8.83. The minimum atomic E-state index is -4.69. The summed E-state index contributed by atoms with van der Waals surface area (Å²) >= 11 is 0.764. The number of anilines is 2. The van der Waals surface area contributed by atoms with Gasteiger partial charge >= 0.3 is 6.18 Å². The molecule has 0 spiro atoms. The standard InChI is InChI=1S/C30H28F3N7O2S/c31-30(32,33)20-13-23(39-29-24(20)25(34)27(43-29)28(35)42)40-11-8-18(9-12-40)37-15-22(41)17-6-7-21(38-14-17)19-5-1-3-16-4-2-10-36-26(16)19/h1-7,10,13-14,18,22,37,41H,8-9,11-12,15,34H2,(H2,35,42). The van der Waals surface area contributed by atoms with Crippen molar-refractivity contribution in [3.8, 4) is 11.3 Å². The first kappa shape index (κ1) is 28.8. The Kier molecular flexibility index (Phi) is 7.63. The van der Waals surface area contributed by atoms with E-state index < -0.39 is 23.8 Å². The number of aliphatic hydroxyl groups is 1. The summed E-state index contributed by atoms with van der Waals surface area (Å²) in [5.41, 5.74) is 13.1. The Balaban J connectivity index is 1.09. The molecule has 1 fully saturated rings. The molecule has 1 amide bonds. The second-order valence-electron chi connectivity index (χ2n) is 10.5. The maximum Gasteiger partial charge on any atom is 0.417 e. The number of primary amides is 1. The number of pyridine rings is 3. The third-order valence-electron chi connectivity index (χ3n) is 7.71. The number of nitrogen functional groups attached to an aromatic ring is 1. The molecular weight excluding hydrogens is 579 g/mol. The average molecular weight is 608 g/mol. The van der Waals surface area contributed by atoms with Gasteiger partial charge in [-0.25, -0.2) is 4.98 Å². The fraction of sp³-hybridized carbons (Fsp3) is 0.267. The van der Waals surface area contributed by atoms with Crippen molar-refractivity contribution in [3.05, 3.63) is 76.9 Å². The Labute approximate surface area is 248 Å². The van der Waals surface area contributed by atoms with Crippen molar-refractivity contribution in [3.63, 3.8) is 0 Å². The number of amides is 1. The molecular formula is C30H28F3N7O2S. The van der Waals surface area contributed by atoms with E-state index in [4.69, 9.17) is 11.5 Å². The lowest BCUT2D eigenvalue weighted by Crippen LogP contribution is -2.44. The Bertz CT molecular complexity index is 1800. The van der Waals surface area contributed by atoms with Gasteiger partial charge in [-0.2, -0.15) is 13.2 Å². The van der Waals surface area contributed by atoms with Gasteiger partial charge in [-0.15, -0.1) is 11.3 Å². The molecule has 5 aromatic rings. The largest absolute Gasteiger partial charge is 0.417 e. The van der Waals surface area contributed by atoms with E-state index in [0.29, 0.717) is 38.0 Å². The molecule has 0 aliphatic carbocycles. The van der Waals surface area contributed by atoms with Crippen LogP contribution in [0.25, 0.3) is 32.4 Å². The molecule has 0 saturated carbocycles. The topological polar surface area (TPSA) is 143 Å². The van der Waals surface area contributed by atoms with Gasteiger partial charge < -0.3 is 26.8 Å². The van der Waals surface area contributed by atoms with E-state index in [9.17, 15) is 23.1 Å². The Morgan fingerprint density at radius 1 is 1.14 bits per heavy atom. The van der Waals surface area contributed by atoms with Crippen LogP contribution >= 0.6 is 11.3 Å². The van der Waals surface area contributed by atoms with Gasteiger partial charge in [0.1, 0.15) is 15.5 Å². The van der Waals surface area contributed by atoms with Gasteiger partial charge in [0.15, 0.2) is 0 Å². The summed E-state index contributed by atoms with van der Waals surface area (Å²) in [6.45, 7) is 1.22. The van der Waals surface area contributed by atoms with Crippen LogP contribution in [-0.4, -0.2) is 51.6 Å². The van der Waals surface area contributed by atoms with Gasteiger partial charge in [0.05, 0.1) is 28.6 Å². The highest BCUT2D eigenvalue weighted by atomic mass is 32.1. The summed E-state index contributed by atoms with van der Waals surface area (Å²) in [5, 5.41) is 14.9. The van der Waals surface area contributed by atoms with E-state index in [-0.39, 0.29) is 32.6 Å². The first-order chi connectivity index (χ1) is 20.6. The van der Waals surface area contributed by atoms with Crippen molar-refractivity contribution >= 4 is 49.9 Å². The molecule has 5 heterocycles. The molecule has 4 aromatic heterocycles. The van der Waals surface area contributed by atoms with Crippen LogP contribution in [0.15, 0.2) is 60.9 Å². The predicted octanol–water partition coefficient (Wildman–Crippen LogP) is 4.90. The summed E-state index contributed by atoms with van der Waals surface area (Å²) in [6, 6.07) is 14.6. The number of benzene rings is 1. The number of aliphatic hydroxyl groups excluding tert-OH is 1. The molecule has 1 aromatic carbocycles. The van der Waals surface area contributed by atoms with Crippen molar-refractivity contribution in [2.24, 2.45) is 5.73 Å². The molecule has 0 bridgehead atoms. The molecule has 43 heavy (non-hydrogen) atoms. The van der Waals surface area contributed by atoms with Crippen molar-refractivity contribution in [1.29, 1.82) is 0 Å². The monoisotopic (exact) mass is 607 g/mol. The number of hydrogen-bond donors (Lipinski definition) is 4. The van der Waals surface area contributed by atoms with E-state index in [1.807, 2.05) is 42.5 Å². The molecule has 1 saturated heterocycles. The Morgan fingerprint density at radius 3 is 2.60 bits per heavy atom. The summed E-state index contributed by atoms with van der Waals surface area (Å²) in [6.07, 6.45) is -0.790. The van der Waals surface area contributed by atoms with Gasteiger partial charge in [-0.05, 0) is 31.0 Å². The van der Waals surface area contributed by atoms with E-state index in [2.05, 4.69) is 20.3 Å². The maximum atomic E-state index is 13.9.